The first-order valence-electron chi connectivity index (χ1n) is 9.10. The number of hydrogen-bond acceptors (Lipinski definition) is 3. The molecule has 0 saturated carbocycles. The number of aryl methyl sites for hydroxylation is 2. The molecule has 0 bridgehead atoms. The summed E-state index contributed by atoms with van der Waals surface area (Å²) in [7, 11) is 0. The maximum absolute atomic E-state index is 12.2. The number of aromatic amines is 1. The molecule has 1 aromatic heterocycles. The normalized spacial score (nSPS) is 16.1. The predicted octanol–water partition coefficient (Wildman–Crippen LogP) is 3.17. The number of nitrogens with one attached hydrogen (secondary N) is 2. The van der Waals surface area contributed by atoms with E-state index in [0.717, 1.165) is 34.6 Å². The van der Waals surface area contributed by atoms with E-state index >= 15 is 0 Å². The highest BCUT2D eigenvalue weighted by molar-refractivity contribution is 5.79. The van der Waals surface area contributed by atoms with Crippen molar-refractivity contribution in [3.63, 3.8) is 0 Å². The monoisotopic (exact) mass is 349 g/mol. The molecular formula is C21H23N3O2. The molecule has 5 heteroatoms. The summed E-state index contributed by atoms with van der Waals surface area (Å²) in [5, 5.41) is 3.04. The lowest BCUT2D eigenvalue weighted by atomic mass is 9.97. The largest absolute Gasteiger partial charge is 0.493 e. The Labute approximate surface area is 152 Å². The van der Waals surface area contributed by atoms with Crippen molar-refractivity contribution < 1.29 is 9.53 Å². The van der Waals surface area contributed by atoms with Gasteiger partial charge in [-0.2, -0.15) is 0 Å². The zero-order valence-corrected chi connectivity index (χ0v) is 14.9. The van der Waals surface area contributed by atoms with Crippen LogP contribution in [0.15, 0.2) is 42.5 Å². The predicted molar refractivity (Wildman–Crippen MR) is 101 cm³/mol. The van der Waals surface area contributed by atoms with Gasteiger partial charge < -0.3 is 15.0 Å². The number of rotatable bonds is 5. The summed E-state index contributed by atoms with van der Waals surface area (Å²) >= 11 is 0. The summed E-state index contributed by atoms with van der Waals surface area (Å²) in [6.07, 6.45) is 1.99. The first-order chi connectivity index (χ1) is 12.7. The SMILES string of the molecule is Cc1cccc2[nH]c(CCC(=O)NC[C@@H]3COc4ccccc4C3)nc12. The van der Waals surface area contributed by atoms with Gasteiger partial charge in [-0.1, -0.05) is 30.3 Å². The van der Waals surface area contributed by atoms with Crippen molar-refractivity contribution in [2.45, 2.75) is 26.2 Å². The molecule has 1 aliphatic rings. The Morgan fingerprint density at radius 2 is 2.15 bits per heavy atom. The maximum Gasteiger partial charge on any atom is 0.220 e. The Kier molecular flexibility index (Phi) is 4.61. The number of fused-ring (bicyclic) bond motifs is 2. The quantitative estimate of drug-likeness (QED) is 0.743. The van der Waals surface area contributed by atoms with E-state index in [1.165, 1.54) is 5.56 Å². The molecule has 1 atom stereocenters. The molecular weight excluding hydrogens is 326 g/mol. The molecule has 0 radical (unpaired) electrons. The van der Waals surface area contributed by atoms with Crippen molar-refractivity contribution in [1.82, 2.24) is 15.3 Å². The van der Waals surface area contributed by atoms with Crippen LogP contribution in [-0.4, -0.2) is 29.0 Å². The number of hydrogen-bond donors (Lipinski definition) is 2. The number of amides is 1. The summed E-state index contributed by atoms with van der Waals surface area (Å²) in [6, 6.07) is 14.2. The van der Waals surface area contributed by atoms with Gasteiger partial charge >= 0.3 is 0 Å². The Balaban J connectivity index is 1.27. The van der Waals surface area contributed by atoms with Crippen LogP contribution in [0.1, 0.15) is 23.4 Å². The topological polar surface area (TPSA) is 67.0 Å². The standard InChI is InChI=1S/C21H23N3O2/c1-14-5-4-7-17-21(14)24-19(23-17)9-10-20(25)22-12-15-11-16-6-2-3-8-18(16)26-13-15/h2-8,15H,9-13H2,1H3,(H,22,25)(H,23,24)/t15-/m1/s1. The van der Waals surface area contributed by atoms with Gasteiger partial charge in [-0.15, -0.1) is 0 Å². The molecule has 134 valence electrons. The molecule has 0 aliphatic carbocycles. The highest BCUT2D eigenvalue weighted by Gasteiger charge is 2.20. The number of H-pyrrole nitrogens is 1. The van der Waals surface area contributed by atoms with Gasteiger partial charge in [0.2, 0.25) is 5.91 Å². The summed E-state index contributed by atoms with van der Waals surface area (Å²) in [5.74, 6) is 2.21. The molecule has 0 fully saturated rings. The van der Waals surface area contributed by atoms with E-state index in [1.807, 2.05) is 43.3 Å². The molecule has 4 rings (SSSR count). The Morgan fingerprint density at radius 3 is 3.04 bits per heavy atom. The highest BCUT2D eigenvalue weighted by Crippen LogP contribution is 2.26. The minimum absolute atomic E-state index is 0.0565. The third kappa shape index (κ3) is 3.57. The van der Waals surface area contributed by atoms with Crippen LogP contribution in [0.4, 0.5) is 0 Å². The van der Waals surface area contributed by atoms with Crippen LogP contribution in [-0.2, 0) is 17.6 Å². The molecule has 0 unspecified atom stereocenters. The molecule has 5 nitrogen and oxygen atoms in total. The van der Waals surface area contributed by atoms with E-state index in [-0.39, 0.29) is 5.91 Å². The number of carbonyl (C=O) groups excluding carboxylic acids is 1. The first kappa shape index (κ1) is 16.6. The molecule has 2 aromatic carbocycles. The van der Waals surface area contributed by atoms with Crippen molar-refractivity contribution in [3.05, 3.63) is 59.4 Å². The van der Waals surface area contributed by atoms with E-state index in [2.05, 4.69) is 21.4 Å². The van der Waals surface area contributed by atoms with E-state index in [4.69, 9.17) is 4.74 Å². The number of nitrogens with zero attached hydrogens (tertiary/aromatic N) is 1. The van der Waals surface area contributed by atoms with Crippen molar-refractivity contribution in [2.24, 2.45) is 5.92 Å². The zero-order valence-electron chi connectivity index (χ0n) is 14.9. The van der Waals surface area contributed by atoms with Gasteiger partial charge in [0.15, 0.2) is 0 Å². The van der Waals surface area contributed by atoms with Gasteiger partial charge in [0.05, 0.1) is 17.6 Å². The molecule has 26 heavy (non-hydrogen) atoms. The molecule has 0 spiro atoms. The average Bonchev–Trinajstić information content (AvgIpc) is 3.09. The maximum atomic E-state index is 12.2. The third-order valence-corrected chi connectivity index (χ3v) is 4.90. The van der Waals surface area contributed by atoms with Crippen molar-refractivity contribution in [1.29, 1.82) is 0 Å². The van der Waals surface area contributed by atoms with Crippen molar-refractivity contribution in [3.8, 4) is 5.75 Å². The van der Waals surface area contributed by atoms with Gasteiger partial charge in [-0.25, -0.2) is 4.98 Å². The molecule has 0 saturated heterocycles. The average molecular weight is 349 g/mol. The minimum atomic E-state index is 0.0565. The van der Waals surface area contributed by atoms with Gasteiger partial charge in [-0.3, -0.25) is 4.79 Å². The fourth-order valence-corrected chi connectivity index (χ4v) is 3.45. The lowest BCUT2D eigenvalue weighted by Gasteiger charge is -2.25. The number of para-hydroxylation sites is 2. The van der Waals surface area contributed by atoms with Gasteiger partial charge in [-0.05, 0) is 36.6 Å². The molecule has 2 heterocycles. The van der Waals surface area contributed by atoms with Crippen LogP contribution in [0.25, 0.3) is 11.0 Å². The number of ether oxygens (including phenoxy) is 1. The van der Waals surface area contributed by atoms with Crippen LogP contribution in [0.3, 0.4) is 0 Å². The van der Waals surface area contributed by atoms with Gasteiger partial charge in [0, 0.05) is 25.3 Å². The second kappa shape index (κ2) is 7.20. The highest BCUT2D eigenvalue weighted by atomic mass is 16.5. The Hall–Kier alpha value is -2.82. The van der Waals surface area contributed by atoms with E-state index in [1.54, 1.807) is 0 Å². The second-order valence-corrected chi connectivity index (χ2v) is 6.95. The number of aromatic nitrogens is 2. The van der Waals surface area contributed by atoms with E-state index < -0.39 is 0 Å². The summed E-state index contributed by atoms with van der Waals surface area (Å²) in [6.45, 7) is 3.34. The fraction of sp³-hybridized carbons (Fsp3) is 0.333. The number of carbonyl (C=O) groups is 1. The lowest BCUT2D eigenvalue weighted by Crippen LogP contribution is -2.34. The van der Waals surface area contributed by atoms with Crippen LogP contribution < -0.4 is 10.1 Å². The van der Waals surface area contributed by atoms with Gasteiger partial charge in [0.1, 0.15) is 11.6 Å². The van der Waals surface area contributed by atoms with Crippen LogP contribution in [0.2, 0.25) is 0 Å². The smallest absolute Gasteiger partial charge is 0.220 e. The first-order valence-corrected chi connectivity index (χ1v) is 9.10. The number of imidazole rings is 1. The van der Waals surface area contributed by atoms with E-state index in [0.29, 0.717) is 31.9 Å². The minimum Gasteiger partial charge on any atom is -0.493 e. The number of benzene rings is 2. The Bertz CT molecular complexity index is 932. The molecule has 1 aliphatic heterocycles. The third-order valence-electron chi connectivity index (χ3n) is 4.90. The van der Waals surface area contributed by atoms with Crippen LogP contribution in [0.5, 0.6) is 5.75 Å². The van der Waals surface area contributed by atoms with Crippen LogP contribution in [0, 0.1) is 12.8 Å². The second-order valence-electron chi connectivity index (χ2n) is 6.95. The molecule has 1 amide bonds. The van der Waals surface area contributed by atoms with Gasteiger partial charge in [0.25, 0.3) is 0 Å². The molecule has 3 aromatic rings. The molecule has 2 N–H and O–H groups in total. The summed E-state index contributed by atoms with van der Waals surface area (Å²) in [4.78, 5) is 20.1. The van der Waals surface area contributed by atoms with Crippen molar-refractivity contribution >= 4 is 16.9 Å². The lowest BCUT2D eigenvalue weighted by molar-refractivity contribution is -0.121. The van der Waals surface area contributed by atoms with E-state index in [9.17, 15) is 4.79 Å². The zero-order chi connectivity index (χ0) is 17.9. The fourth-order valence-electron chi connectivity index (χ4n) is 3.45. The summed E-state index contributed by atoms with van der Waals surface area (Å²) in [5.41, 5.74) is 4.38. The van der Waals surface area contributed by atoms with Crippen LogP contribution >= 0.6 is 0 Å². The summed E-state index contributed by atoms with van der Waals surface area (Å²) < 4.78 is 5.78. The Morgan fingerprint density at radius 1 is 1.27 bits per heavy atom. The van der Waals surface area contributed by atoms with Crippen molar-refractivity contribution in [2.75, 3.05) is 13.2 Å².